The molecule has 0 aliphatic carbocycles. The number of carbonyl (C=O) groups excluding carboxylic acids is 1. The highest BCUT2D eigenvalue weighted by molar-refractivity contribution is 7.89. The average Bonchev–Trinajstić information content (AvgIpc) is 3.25. The standard InChI is InChI=1S/C21H22N2O5S/c1-27-18-10-7-16(8-11-18)9-12-21(24)23-17-4-2-6-20(14-17)29(25,26)22-15-19-5-3-13-28-19/h2-8,10-11,13-14,22H,9,12,15H2,1H3,(H,23,24). The number of aryl methyl sites for hydroxylation is 1. The van der Waals surface area contributed by atoms with Gasteiger partial charge < -0.3 is 14.5 Å². The van der Waals surface area contributed by atoms with Crippen LogP contribution in [0.3, 0.4) is 0 Å². The van der Waals surface area contributed by atoms with Crippen LogP contribution >= 0.6 is 0 Å². The summed E-state index contributed by atoms with van der Waals surface area (Å²) in [6.45, 7) is 0.0494. The number of hydrogen-bond donors (Lipinski definition) is 2. The summed E-state index contributed by atoms with van der Waals surface area (Å²) in [5, 5.41) is 2.74. The van der Waals surface area contributed by atoms with Crippen molar-refractivity contribution in [1.29, 1.82) is 0 Å². The molecule has 7 nitrogen and oxygen atoms in total. The van der Waals surface area contributed by atoms with Crippen molar-refractivity contribution < 1.29 is 22.4 Å². The molecule has 0 fully saturated rings. The van der Waals surface area contributed by atoms with Gasteiger partial charge in [0, 0.05) is 12.1 Å². The molecule has 0 radical (unpaired) electrons. The molecule has 0 saturated heterocycles. The monoisotopic (exact) mass is 414 g/mol. The van der Waals surface area contributed by atoms with Gasteiger partial charge in [-0.05, 0) is 54.4 Å². The minimum absolute atomic E-state index is 0.0494. The smallest absolute Gasteiger partial charge is 0.241 e. The zero-order chi connectivity index (χ0) is 20.7. The molecule has 1 amide bonds. The van der Waals surface area contributed by atoms with Crippen LogP contribution in [0.4, 0.5) is 5.69 Å². The van der Waals surface area contributed by atoms with Crippen LogP contribution in [0, 0.1) is 0 Å². The van der Waals surface area contributed by atoms with Crippen molar-refractivity contribution in [3.63, 3.8) is 0 Å². The predicted molar refractivity (Wildman–Crippen MR) is 109 cm³/mol. The second-order valence-corrected chi connectivity index (χ2v) is 8.09. The number of furan rings is 1. The second-order valence-electron chi connectivity index (χ2n) is 6.33. The lowest BCUT2D eigenvalue weighted by Gasteiger charge is -2.09. The Kier molecular flexibility index (Phi) is 6.69. The Labute approximate surface area is 169 Å². The van der Waals surface area contributed by atoms with E-state index in [1.165, 1.54) is 18.4 Å². The Hall–Kier alpha value is -3.10. The van der Waals surface area contributed by atoms with Crippen LogP contribution < -0.4 is 14.8 Å². The number of rotatable bonds is 9. The summed E-state index contributed by atoms with van der Waals surface area (Å²) in [7, 11) is -2.13. The van der Waals surface area contributed by atoms with Crippen LogP contribution in [0.15, 0.2) is 76.2 Å². The highest BCUT2D eigenvalue weighted by Crippen LogP contribution is 2.17. The van der Waals surface area contributed by atoms with Crippen LogP contribution in [0.2, 0.25) is 0 Å². The Bertz CT molecular complexity index is 1040. The first kappa shape index (κ1) is 20.6. The van der Waals surface area contributed by atoms with Gasteiger partial charge in [0.2, 0.25) is 15.9 Å². The van der Waals surface area contributed by atoms with Gasteiger partial charge in [-0.15, -0.1) is 0 Å². The summed E-state index contributed by atoms with van der Waals surface area (Å²) in [6.07, 6.45) is 2.32. The normalized spacial score (nSPS) is 11.2. The summed E-state index contributed by atoms with van der Waals surface area (Å²) in [5.41, 5.74) is 1.44. The summed E-state index contributed by atoms with van der Waals surface area (Å²) >= 11 is 0. The Balaban J connectivity index is 1.57. The van der Waals surface area contributed by atoms with Gasteiger partial charge in [-0.2, -0.15) is 0 Å². The molecule has 0 aliphatic rings. The van der Waals surface area contributed by atoms with E-state index in [1.807, 2.05) is 24.3 Å². The fraction of sp³-hybridized carbons (Fsp3) is 0.190. The Morgan fingerprint density at radius 3 is 2.55 bits per heavy atom. The van der Waals surface area contributed by atoms with Crippen LogP contribution in [0.5, 0.6) is 5.75 Å². The van der Waals surface area contributed by atoms with E-state index in [0.717, 1.165) is 11.3 Å². The third-order valence-corrected chi connectivity index (χ3v) is 5.64. The number of carbonyl (C=O) groups is 1. The van der Waals surface area contributed by atoms with Crippen molar-refractivity contribution in [2.75, 3.05) is 12.4 Å². The third-order valence-electron chi connectivity index (χ3n) is 4.24. The molecular formula is C21H22N2O5S. The molecule has 1 heterocycles. The Morgan fingerprint density at radius 1 is 1.07 bits per heavy atom. The molecule has 1 aromatic heterocycles. The molecule has 3 aromatic rings. The van der Waals surface area contributed by atoms with Crippen molar-refractivity contribution in [3.05, 3.63) is 78.3 Å². The number of amides is 1. The van der Waals surface area contributed by atoms with Gasteiger partial charge in [0.1, 0.15) is 11.5 Å². The zero-order valence-electron chi connectivity index (χ0n) is 15.9. The lowest BCUT2D eigenvalue weighted by Crippen LogP contribution is -2.23. The lowest BCUT2D eigenvalue weighted by atomic mass is 10.1. The number of hydrogen-bond acceptors (Lipinski definition) is 5. The number of ether oxygens (including phenoxy) is 1. The van der Waals surface area contributed by atoms with Crippen molar-refractivity contribution in [2.24, 2.45) is 0 Å². The van der Waals surface area contributed by atoms with Gasteiger partial charge in [-0.1, -0.05) is 18.2 Å². The molecule has 0 unspecified atom stereocenters. The van der Waals surface area contributed by atoms with Crippen LogP contribution in [0.25, 0.3) is 0 Å². The molecular weight excluding hydrogens is 392 g/mol. The summed E-state index contributed by atoms with van der Waals surface area (Å²) in [5.74, 6) is 1.08. The zero-order valence-corrected chi connectivity index (χ0v) is 16.7. The van der Waals surface area contributed by atoms with Crippen LogP contribution in [0.1, 0.15) is 17.7 Å². The van der Waals surface area contributed by atoms with E-state index in [0.29, 0.717) is 17.9 Å². The summed E-state index contributed by atoms with van der Waals surface area (Å²) in [6, 6.07) is 17.0. The predicted octanol–water partition coefficient (Wildman–Crippen LogP) is 3.34. The molecule has 0 atom stereocenters. The van der Waals surface area contributed by atoms with E-state index in [1.54, 1.807) is 31.4 Å². The number of anilines is 1. The number of sulfonamides is 1. The summed E-state index contributed by atoms with van der Waals surface area (Å²) < 4.78 is 37.6. The molecule has 29 heavy (non-hydrogen) atoms. The maximum absolute atomic E-state index is 12.5. The van der Waals surface area contributed by atoms with E-state index < -0.39 is 10.0 Å². The van der Waals surface area contributed by atoms with Gasteiger partial charge in [0.15, 0.2) is 0 Å². The van der Waals surface area contributed by atoms with Gasteiger partial charge in [-0.3, -0.25) is 4.79 Å². The van der Waals surface area contributed by atoms with Gasteiger partial charge in [0.25, 0.3) is 0 Å². The van der Waals surface area contributed by atoms with Crippen molar-refractivity contribution >= 4 is 21.6 Å². The van der Waals surface area contributed by atoms with E-state index in [2.05, 4.69) is 10.0 Å². The number of nitrogens with one attached hydrogen (secondary N) is 2. The van der Waals surface area contributed by atoms with Crippen molar-refractivity contribution in [3.8, 4) is 5.75 Å². The largest absolute Gasteiger partial charge is 0.497 e. The fourth-order valence-electron chi connectivity index (χ4n) is 2.68. The van der Waals surface area contributed by atoms with Gasteiger partial charge in [-0.25, -0.2) is 13.1 Å². The Morgan fingerprint density at radius 2 is 1.86 bits per heavy atom. The van der Waals surface area contributed by atoms with Crippen molar-refractivity contribution in [2.45, 2.75) is 24.3 Å². The molecule has 152 valence electrons. The second kappa shape index (κ2) is 9.40. The highest BCUT2D eigenvalue weighted by Gasteiger charge is 2.15. The third kappa shape index (κ3) is 5.94. The quantitative estimate of drug-likeness (QED) is 0.560. The topological polar surface area (TPSA) is 97.6 Å². The van der Waals surface area contributed by atoms with E-state index in [-0.39, 0.29) is 23.8 Å². The highest BCUT2D eigenvalue weighted by atomic mass is 32.2. The average molecular weight is 414 g/mol. The minimum atomic E-state index is -3.73. The molecule has 0 spiro atoms. The van der Waals surface area contributed by atoms with E-state index >= 15 is 0 Å². The molecule has 2 N–H and O–H groups in total. The number of benzene rings is 2. The maximum atomic E-state index is 12.5. The molecule has 0 aliphatic heterocycles. The van der Waals surface area contributed by atoms with E-state index in [4.69, 9.17) is 9.15 Å². The molecule has 0 bridgehead atoms. The lowest BCUT2D eigenvalue weighted by molar-refractivity contribution is -0.116. The molecule has 8 heteroatoms. The maximum Gasteiger partial charge on any atom is 0.241 e. The summed E-state index contributed by atoms with van der Waals surface area (Å²) in [4.78, 5) is 12.3. The number of methoxy groups -OCH3 is 1. The van der Waals surface area contributed by atoms with Crippen LogP contribution in [-0.2, 0) is 27.8 Å². The van der Waals surface area contributed by atoms with Gasteiger partial charge >= 0.3 is 0 Å². The molecule has 2 aromatic carbocycles. The van der Waals surface area contributed by atoms with Crippen LogP contribution in [-0.4, -0.2) is 21.4 Å². The molecule has 3 rings (SSSR count). The first-order chi connectivity index (χ1) is 14.0. The first-order valence-corrected chi connectivity index (χ1v) is 10.5. The molecule has 0 saturated carbocycles. The van der Waals surface area contributed by atoms with Gasteiger partial charge in [0.05, 0.1) is 24.8 Å². The van der Waals surface area contributed by atoms with Crippen molar-refractivity contribution in [1.82, 2.24) is 4.72 Å². The SMILES string of the molecule is COc1ccc(CCC(=O)Nc2cccc(S(=O)(=O)NCc3ccco3)c2)cc1. The first-order valence-electron chi connectivity index (χ1n) is 9.01. The fourth-order valence-corrected chi connectivity index (χ4v) is 3.72. The van der Waals surface area contributed by atoms with E-state index in [9.17, 15) is 13.2 Å². The minimum Gasteiger partial charge on any atom is -0.497 e.